The third kappa shape index (κ3) is 1.29. The van der Waals surface area contributed by atoms with Gasteiger partial charge < -0.3 is 4.98 Å². The molecule has 1 N–H and O–H groups in total. The minimum atomic E-state index is 0.0576. The van der Waals surface area contributed by atoms with E-state index < -0.39 is 0 Å². The van der Waals surface area contributed by atoms with Crippen molar-refractivity contribution in [1.82, 2.24) is 4.98 Å². The summed E-state index contributed by atoms with van der Waals surface area (Å²) in [5.74, 6) is 0.0576. The van der Waals surface area contributed by atoms with E-state index in [1.54, 1.807) is 12.1 Å². The number of aromatic nitrogens is 1. The number of nitrogens with one attached hydrogen (secondary N) is 1. The molecule has 0 spiro atoms. The first-order valence-electron chi connectivity index (χ1n) is 3.79. The zero-order chi connectivity index (χ0) is 9.42. The lowest BCUT2D eigenvalue weighted by atomic mass is 10.3. The van der Waals surface area contributed by atoms with Gasteiger partial charge in [-0.25, -0.2) is 0 Å². The number of H-pyrrole nitrogens is 1. The number of ketones is 1. The van der Waals surface area contributed by atoms with E-state index in [-0.39, 0.29) is 5.78 Å². The molecule has 0 aliphatic carbocycles. The monoisotopic (exact) mass is 193 g/mol. The van der Waals surface area contributed by atoms with Gasteiger partial charge in [0, 0.05) is 5.39 Å². The number of carbonyl (C=O) groups excluding carboxylic acids is 2. The Morgan fingerprint density at radius 2 is 2.31 bits per heavy atom. The molecule has 0 radical (unpaired) electrons. The van der Waals surface area contributed by atoms with Gasteiger partial charge in [0.05, 0.1) is 10.6 Å². The second-order valence-electron chi connectivity index (χ2n) is 2.79. The van der Waals surface area contributed by atoms with Crippen LogP contribution in [0, 0.1) is 0 Å². The average Bonchev–Trinajstić information content (AvgIpc) is 2.58. The van der Waals surface area contributed by atoms with Gasteiger partial charge in [0.25, 0.3) is 0 Å². The van der Waals surface area contributed by atoms with Gasteiger partial charge in [-0.3, -0.25) is 9.59 Å². The van der Waals surface area contributed by atoms with Gasteiger partial charge in [0.2, 0.25) is 0 Å². The second-order valence-corrected chi connectivity index (χ2v) is 3.85. The zero-order valence-corrected chi connectivity index (χ0v) is 7.77. The first-order valence-corrected chi connectivity index (χ1v) is 4.61. The van der Waals surface area contributed by atoms with Crippen molar-refractivity contribution in [3.8, 4) is 0 Å². The first kappa shape index (κ1) is 8.19. The van der Waals surface area contributed by atoms with Crippen LogP contribution in [-0.4, -0.2) is 17.1 Å². The summed E-state index contributed by atoms with van der Waals surface area (Å²) in [5.41, 5.74) is 0.552. The highest BCUT2D eigenvalue weighted by Gasteiger charge is 2.07. The van der Waals surface area contributed by atoms with Crippen LogP contribution in [0.1, 0.15) is 27.1 Å². The third-order valence-electron chi connectivity index (χ3n) is 1.80. The number of aromatic amines is 1. The topological polar surface area (TPSA) is 49.9 Å². The van der Waals surface area contributed by atoms with Gasteiger partial charge in [-0.15, -0.1) is 11.3 Å². The van der Waals surface area contributed by atoms with Gasteiger partial charge >= 0.3 is 0 Å². The van der Waals surface area contributed by atoms with Gasteiger partial charge in [0.1, 0.15) is 4.83 Å². The maximum absolute atomic E-state index is 11.0. The number of rotatable bonds is 2. The molecule has 0 fully saturated rings. The van der Waals surface area contributed by atoms with Crippen LogP contribution in [0.4, 0.5) is 0 Å². The molecule has 0 saturated carbocycles. The standard InChI is InChI=1S/C9H7NO2S/c1-5(12)8-3-6-2-7(4-11)10-9(6)13-8/h2-4,10H,1H3. The number of fused-ring (bicyclic) bond motifs is 1. The highest BCUT2D eigenvalue weighted by molar-refractivity contribution is 7.20. The summed E-state index contributed by atoms with van der Waals surface area (Å²) in [4.78, 5) is 25.9. The van der Waals surface area contributed by atoms with Crippen LogP contribution in [0.2, 0.25) is 0 Å². The van der Waals surface area contributed by atoms with Gasteiger partial charge in [-0.1, -0.05) is 0 Å². The van der Waals surface area contributed by atoms with Crippen LogP contribution < -0.4 is 0 Å². The summed E-state index contributed by atoms with van der Waals surface area (Å²) in [6.45, 7) is 1.53. The van der Waals surface area contributed by atoms with Gasteiger partial charge in [-0.2, -0.15) is 0 Å². The van der Waals surface area contributed by atoms with Crippen LogP contribution in [-0.2, 0) is 0 Å². The Bertz CT molecular complexity index is 449. The van der Waals surface area contributed by atoms with Gasteiger partial charge in [0.15, 0.2) is 12.1 Å². The minimum absolute atomic E-state index is 0.0576. The Hall–Kier alpha value is -1.42. The average molecular weight is 193 g/mol. The van der Waals surface area contributed by atoms with E-state index in [1.807, 2.05) is 0 Å². The number of Topliss-reactive ketones (excluding diaryl/α,β-unsaturated/α-hetero) is 1. The van der Waals surface area contributed by atoms with Crippen LogP contribution in [0.15, 0.2) is 12.1 Å². The summed E-state index contributed by atoms with van der Waals surface area (Å²) in [6.07, 6.45) is 0.764. The lowest BCUT2D eigenvalue weighted by Crippen LogP contribution is -1.84. The molecule has 4 heteroatoms. The van der Waals surface area contributed by atoms with Crippen LogP contribution in [0.3, 0.4) is 0 Å². The normalized spacial score (nSPS) is 10.5. The van der Waals surface area contributed by atoms with E-state index >= 15 is 0 Å². The van der Waals surface area contributed by atoms with E-state index in [4.69, 9.17) is 0 Å². The molecule has 13 heavy (non-hydrogen) atoms. The highest BCUT2D eigenvalue weighted by Crippen LogP contribution is 2.25. The number of aldehydes is 1. The van der Waals surface area contributed by atoms with Crippen LogP contribution in [0.25, 0.3) is 10.2 Å². The van der Waals surface area contributed by atoms with Crippen molar-refractivity contribution in [3.63, 3.8) is 0 Å². The Morgan fingerprint density at radius 1 is 1.54 bits per heavy atom. The summed E-state index contributed by atoms with van der Waals surface area (Å²) in [7, 11) is 0. The lowest BCUT2D eigenvalue weighted by Gasteiger charge is -1.82. The molecule has 0 aliphatic rings. The Balaban J connectivity index is 2.60. The summed E-state index contributed by atoms with van der Waals surface area (Å²) < 4.78 is 0. The molecule has 66 valence electrons. The molecule has 3 nitrogen and oxygen atoms in total. The van der Waals surface area contributed by atoms with E-state index in [0.29, 0.717) is 5.69 Å². The number of carbonyl (C=O) groups is 2. The largest absolute Gasteiger partial charge is 0.344 e. The molecule has 0 bridgehead atoms. The fourth-order valence-corrected chi connectivity index (χ4v) is 2.14. The molecule has 0 aliphatic heterocycles. The number of thiophene rings is 1. The fraction of sp³-hybridized carbons (Fsp3) is 0.111. The maximum Gasteiger partial charge on any atom is 0.169 e. The molecular formula is C9H7NO2S. The quantitative estimate of drug-likeness (QED) is 0.587. The molecule has 0 atom stereocenters. The van der Waals surface area contributed by atoms with Crippen molar-refractivity contribution in [3.05, 3.63) is 22.7 Å². The van der Waals surface area contributed by atoms with Crippen molar-refractivity contribution in [2.45, 2.75) is 6.92 Å². The fourth-order valence-electron chi connectivity index (χ4n) is 1.18. The maximum atomic E-state index is 11.0. The van der Waals surface area contributed by atoms with E-state index in [9.17, 15) is 9.59 Å². The highest BCUT2D eigenvalue weighted by atomic mass is 32.1. The van der Waals surface area contributed by atoms with Crippen molar-refractivity contribution >= 4 is 33.6 Å². The molecule has 0 aromatic carbocycles. The molecule has 2 heterocycles. The third-order valence-corrected chi connectivity index (χ3v) is 2.97. The number of hydrogen-bond acceptors (Lipinski definition) is 3. The second kappa shape index (κ2) is 2.81. The van der Waals surface area contributed by atoms with Gasteiger partial charge in [-0.05, 0) is 19.1 Å². The van der Waals surface area contributed by atoms with Crippen molar-refractivity contribution in [2.75, 3.05) is 0 Å². The van der Waals surface area contributed by atoms with Crippen LogP contribution >= 0.6 is 11.3 Å². The summed E-state index contributed by atoms with van der Waals surface area (Å²) in [6, 6.07) is 3.54. The van der Waals surface area contributed by atoms with E-state index in [2.05, 4.69) is 4.98 Å². The number of hydrogen-bond donors (Lipinski definition) is 1. The molecule has 0 unspecified atom stereocenters. The predicted octanol–water partition coefficient (Wildman–Crippen LogP) is 2.24. The molecule has 2 aromatic heterocycles. The van der Waals surface area contributed by atoms with Crippen molar-refractivity contribution in [1.29, 1.82) is 0 Å². The smallest absolute Gasteiger partial charge is 0.169 e. The first-order chi connectivity index (χ1) is 6.20. The summed E-state index contributed by atoms with van der Waals surface area (Å²) in [5, 5.41) is 0.928. The zero-order valence-electron chi connectivity index (χ0n) is 6.96. The molecule has 2 aromatic rings. The van der Waals surface area contributed by atoms with E-state index in [0.717, 1.165) is 21.4 Å². The predicted molar refractivity (Wildman–Crippen MR) is 51.6 cm³/mol. The Morgan fingerprint density at radius 3 is 2.85 bits per heavy atom. The Labute approximate surface area is 78.4 Å². The lowest BCUT2D eigenvalue weighted by molar-refractivity contribution is 0.102. The van der Waals surface area contributed by atoms with E-state index in [1.165, 1.54) is 18.3 Å². The molecule has 0 saturated heterocycles. The van der Waals surface area contributed by atoms with Crippen molar-refractivity contribution < 1.29 is 9.59 Å². The molecule has 2 rings (SSSR count). The molecular weight excluding hydrogens is 186 g/mol. The molecule has 0 amide bonds. The minimum Gasteiger partial charge on any atom is -0.344 e. The summed E-state index contributed by atoms with van der Waals surface area (Å²) >= 11 is 1.38. The van der Waals surface area contributed by atoms with Crippen LogP contribution in [0.5, 0.6) is 0 Å². The SMILES string of the molecule is CC(=O)c1cc2cc(C=O)[nH]c2s1. The Kier molecular flexibility index (Phi) is 1.77. The van der Waals surface area contributed by atoms with Crippen molar-refractivity contribution in [2.24, 2.45) is 0 Å².